The van der Waals surface area contributed by atoms with E-state index >= 15 is 0 Å². The van der Waals surface area contributed by atoms with Gasteiger partial charge in [-0.2, -0.15) is 0 Å². The van der Waals surface area contributed by atoms with Crippen molar-refractivity contribution in [3.05, 3.63) is 59.7 Å². The normalized spacial score (nSPS) is 27.2. The molecule has 1 amide bonds. The minimum absolute atomic E-state index is 0.198. The van der Waals surface area contributed by atoms with Gasteiger partial charge in [0.2, 0.25) is 0 Å². The lowest BCUT2D eigenvalue weighted by molar-refractivity contribution is -0.231. The van der Waals surface area contributed by atoms with Crippen LogP contribution in [0.25, 0.3) is 0 Å². The molecule has 0 aromatic heterocycles. The first kappa shape index (κ1) is 20.2. The SMILES string of the molecule is CNC(=O)c1ccc(Oc2cccc(C3O[C@H](CO)[C@@H](O)[C@H](O)[C@@H]3O)c2)cc1. The summed E-state index contributed by atoms with van der Waals surface area (Å²) in [4.78, 5) is 11.6. The van der Waals surface area contributed by atoms with Gasteiger partial charge in [-0.25, -0.2) is 0 Å². The summed E-state index contributed by atoms with van der Waals surface area (Å²) < 4.78 is 11.4. The lowest BCUT2D eigenvalue weighted by atomic mass is 9.91. The van der Waals surface area contributed by atoms with Gasteiger partial charge in [0.25, 0.3) is 5.91 Å². The summed E-state index contributed by atoms with van der Waals surface area (Å²) in [6.07, 6.45) is -6.13. The van der Waals surface area contributed by atoms with Crippen LogP contribution in [-0.2, 0) is 4.74 Å². The third-order valence-electron chi connectivity index (χ3n) is 4.66. The van der Waals surface area contributed by atoms with Gasteiger partial charge in [-0.3, -0.25) is 4.79 Å². The van der Waals surface area contributed by atoms with Crippen molar-refractivity contribution in [2.24, 2.45) is 0 Å². The third kappa shape index (κ3) is 4.16. The van der Waals surface area contributed by atoms with Crippen molar-refractivity contribution in [1.29, 1.82) is 0 Å². The number of carbonyl (C=O) groups is 1. The first-order valence-corrected chi connectivity index (χ1v) is 8.85. The van der Waals surface area contributed by atoms with Crippen LogP contribution in [0.4, 0.5) is 0 Å². The molecule has 5 atom stereocenters. The first-order valence-electron chi connectivity index (χ1n) is 8.85. The summed E-state index contributed by atoms with van der Waals surface area (Å²) >= 11 is 0. The summed E-state index contributed by atoms with van der Waals surface area (Å²) in [5.41, 5.74) is 1.03. The maximum absolute atomic E-state index is 11.6. The average molecular weight is 389 g/mol. The molecule has 1 saturated heterocycles. The van der Waals surface area contributed by atoms with Crippen molar-refractivity contribution in [2.75, 3.05) is 13.7 Å². The molecule has 1 fully saturated rings. The van der Waals surface area contributed by atoms with E-state index in [0.717, 1.165) is 0 Å². The highest BCUT2D eigenvalue weighted by Crippen LogP contribution is 2.34. The van der Waals surface area contributed by atoms with E-state index in [9.17, 15) is 25.2 Å². The fourth-order valence-corrected chi connectivity index (χ4v) is 3.09. The van der Waals surface area contributed by atoms with Crippen molar-refractivity contribution in [3.63, 3.8) is 0 Å². The van der Waals surface area contributed by atoms with Crippen molar-refractivity contribution in [1.82, 2.24) is 5.32 Å². The molecule has 0 radical (unpaired) electrons. The van der Waals surface area contributed by atoms with Gasteiger partial charge in [0, 0.05) is 12.6 Å². The monoisotopic (exact) mass is 389 g/mol. The molecule has 2 aromatic carbocycles. The highest BCUT2D eigenvalue weighted by molar-refractivity contribution is 5.94. The van der Waals surface area contributed by atoms with Gasteiger partial charge in [-0.15, -0.1) is 0 Å². The van der Waals surface area contributed by atoms with Crippen molar-refractivity contribution in [3.8, 4) is 11.5 Å². The maximum atomic E-state index is 11.6. The van der Waals surface area contributed by atoms with Crippen LogP contribution in [0.15, 0.2) is 48.5 Å². The number of rotatable bonds is 5. The largest absolute Gasteiger partial charge is 0.457 e. The fraction of sp³-hybridized carbons (Fsp3) is 0.350. The van der Waals surface area contributed by atoms with Crippen LogP contribution in [0.3, 0.4) is 0 Å². The van der Waals surface area contributed by atoms with E-state index in [-0.39, 0.29) is 5.91 Å². The molecule has 8 heteroatoms. The molecule has 8 nitrogen and oxygen atoms in total. The fourth-order valence-electron chi connectivity index (χ4n) is 3.09. The zero-order valence-corrected chi connectivity index (χ0v) is 15.2. The van der Waals surface area contributed by atoms with E-state index in [1.165, 1.54) is 0 Å². The topological polar surface area (TPSA) is 128 Å². The molecule has 2 aromatic rings. The average Bonchev–Trinajstić information content (AvgIpc) is 2.72. The third-order valence-corrected chi connectivity index (χ3v) is 4.66. The smallest absolute Gasteiger partial charge is 0.251 e. The molecule has 28 heavy (non-hydrogen) atoms. The van der Waals surface area contributed by atoms with Crippen molar-refractivity contribution >= 4 is 5.91 Å². The molecular weight excluding hydrogens is 366 g/mol. The van der Waals surface area contributed by atoms with Crippen LogP contribution in [-0.4, -0.2) is 64.4 Å². The number of amides is 1. The Hall–Kier alpha value is -2.49. The number of ether oxygens (including phenoxy) is 2. The number of aliphatic hydroxyl groups is 4. The van der Waals surface area contributed by atoms with Crippen LogP contribution in [0.2, 0.25) is 0 Å². The second-order valence-electron chi connectivity index (χ2n) is 6.53. The quantitative estimate of drug-likeness (QED) is 0.499. The van der Waals surface area contributed by atoms with Gasteiger partial charge >= 0.3 is 0 Å². The van der Waals surface area contributed by atoms with Gasteiger partial charge in [0.1, 0.15) is 42.0 Å². The van der Waals surface area contributed by atoms with E-state index < -0.39 is 37.1 Å². The summed E-state index contributed by atoms with van der Waals surface area (Å²) in [6.45, 7) is -0.491. The van der Waals surface area contributed by atoms with Crippen LogP contribution < -0.4 is 10.1 Å². The van der Waals surface area contributed by atoms with Crippen LogP contribution in [0.1, 0.15) is 22.0 Å². The maximum Gasteiger partial charge on any atom is 0.251 e. The van der Waals surface area contributed by atoms with E-state index in [2.05, 4.69) is 5.32 Å². The number of hydrogen-bond donors (Lipinski definition) is 5. The Bertz CT molecular complexity index is 808. The molecule has 0 spiro atoms. The number of carbonyl (C=O) groups excluding carboxylic acids is 1. The van der Waals surface area contributed by atoms with E-state index in [1.807, 2.05) is 0 Å². The van der Waals surface area contributed by atoms with Gasteiger partial charge in [-0.1, -0.05) is 12.1 Å². The summed E-state index contributed by atoms with van der Waals surface area (Å²) in [5, 5.41) is 42.0. The van der Waals surface area contributed by atoms with Gasteiger partial charge in [0.05, 0.1) is 6.61 Å². The van der Waals surface area contributed by atoms with E-state index in [4.69, 9.17) is 9.47 Å². The van der Waals surface area contributed by atoms with E-state index in [0.29, 0.717) is 22.6 Å². The molecule has 1 aliphatic heterocycles. The Balaban J connectivity index is 1.77. The Kier molecular flexibility index (Phi) is 6.28. The highest BCUT2D eigenvalue weighted by Gasteiger charge is 2.43. The predicted molar refractivity (Wildman–Crippen MR) is 99.1 cm³/mol. The van der Waals surface area contributed by atoms with Gasteiger partial charge in [0.15, 0.2) is 0 Å². The standard InChI is InChI=1S/C20H23NO7/c1-21-20(26)11-5-7-13(8-6-11)27-14-4-2-3-12(9-14)19-18(25)17(24)16(23)15(10-22)28-19/h2-9,15-19,22-25H,10H2,1H3,(H,21,26)/t15-,16-,17+,18+,19?/m1/s1. The minimum atomic E-state index is -1.45. The highest BCUT2D eigenvalue weighted by atomic mass is 16.5. The molecule has 0 aliphatic carbocycles. The summed E-state index contributed by atoms with van der Waals surface area (Å²) in [5.74, 6) is 0.775. The second-order valence-corrected chi connectivity index (χ2v) is 6.53. The summed E-state index contributed by atoms with van der Waals surface area (Å²) in [7, 11) is 1.55. The minimum Gasteiger partial charge on any atom is -0.457 e. The van der Waals surface area contributed by atoms with Gasteiger partial charge in [-0.05, 0) is 42.0 Å². The number of aliphatic hydroxyl groups excluding tert-OH is 4. The molecule has 1 aliphatic rings. The second kappa shape index (κ2) is 8.68. The number of benzene rings is 2. The van der Waals surface area contributed by atoms with Crippen molar-refractivity contribution in [2.45, 2.75) is 30.5 Å². The molecular formula is C20H23NO7. The molecule has 1 heterocycles. The van der Waals surface area contributed by atoms with Crippen LogP contribution >= 0.6 is 0 Å². The van der Waals surface area contributed by atoms with Crippen LogP contribution in [0.5, 0.6) is 11.5 Å². The molecule has 150 valence electrons. The molecule has 0 bridgehead atoms. The van der Waals surface area contributed by atoms with Crippen molar-refractivity contribution < 1.29 is 34.7 Å². The molecule has 5 N–H and O–H groups in total. The Labute approximate surface area is 162 Å². The Morgan fingerprint density at radius 1 is 1.04 bits per heavy atom. The molecule has 0 saturated carbocycles. The number of nitrogens with one attached hydrogen (secondary N) is 1. The zero-order chi connectivity index (χ0) is 20.3. The lowest BCUT2D eigenvalue weighted by Crippen LogP contribution is -2.55. The zero-order valence-electron chi connectivity index (χ0n) is 15.2. The lowest BCUT2D eigenvalue weighted by Gasteiger charge is -2.40. The number of hydrogen-bond acceptors (Lipinski definition) is 7. The Morgan fingerprint density at radius 2 is 1.75 bits per heavy atom. The first-order chi connectivity index (χ1) is 13.4. The van der Waals surface area contributed by atoms with E-state index in [1.54, 1.807) is 55.6 Å². The Morgan fingerprint density at radius 3 is 2.39 bits per heavy atom. The molecule has 1 unspecified atom stereocenters. The van der Waals surface area contributed by atoms with Crippen LogP contribution in [0, 0.1) is 0 Å². The molecule has 3 rings (SSSR count). The summed E-state index contributed by atoms with van der Waals surface area (Å²) in [6, 6.07) is 13.3. The predicted octanol–water partition coefficient (Wildman–Crippen LogP) is 0.353. The van der Waals surface area contributed by atoms with Gasteiger partial charge < -0.3 is 35.2 Å².